The van der Waals surface area contributed by atoms with Crippen molar-refractivity contribution in [2.45, 2.75) is 6.92 Å². The number of aryl methyl sites for hydroxylation is 1. The van der Waals surface area contributed by atoms with E-state index in [1.165, 1.54) is 26.3 Å². The molecule has 0 atom stereocenters. The number of phenolic OH excluding ortho intramolecular Hbond substituents is 1. The van der Waals surface area contributed by atoms with Gasteiger partial charge in [0, 0.05) is 11.6 Å². The Balaban J connectivity index is 2.25. The molecule has 0 unspecified atom stereocenters. The van der Waals surface area contributed by atoms with Gasteiger partial charge in [0.2, 0.25) is 11.7 Å². The number of nitro benzene ring substituents is 1. The molecule has 1 aromatic carbocycles. The van der Waals surface area contributed by atoms with Gasteiger partial charge in [-0.25, -0.2) is 5.43 Å². The third-order valence-electron chi connectivity index (χ3n) is 2.74. The number of phenols is 1. The molecule has 0 aliphatic heterocycles. The Bertz CT molecular complexity index is 831. The molecule has 0 saturated carbocycles. The first-order valence-electron chi connectivity index (χ1n) is 6.20. The minimum Gasteiger partial charge on any atom is -0.500 e. The molecule has 0 spiro atoms. The zero-order chi connectivity index (χ0) is 17.0. The summed E-state index contributed by atoms with van der Waals surface area (Å²) in [6, 6.07) is 2.48. The van der Waals surface area contributed by atoms with E-state index in [9.17, 15) is 20.0 Å². The smallest absolute Gasteiger partial charge is 0.315 e. The van der Waals surface area contributed by atoms with E-state index in [-0.39, 0.29) is 17.4 Å². The maximum atomic E-state index is 11.3. The Morgan fingerprint density at radius 3 is 2.83 bits per heavy atom. The van der Waals surface area contributed by atoms with Crippen molar-refractivity contribution in [3.63, 3.8) is 0 Å². The molecular weight excluding hydrogens is 308 g/mol. The van der Waals surface area contributed by atoms with Crippen LogP contribution < -0.4 is 15.7 Å². The minimum atomic E-state index is -0.744. The van der Waals surface area contributed by atoms with Crippen LogP contribution in [-0.2, 0) is 0 Å². The number of nitro groups is 1. The predicted molar refractivity (Wildman–Crippen MR) is 79.9 cm³/mol. The summed E-state index contributed by atoms with van der Waals surface area (Å²) in [7, 11) is 1.27. The molecule has 0 radical (unpaired) electrons. The molecule has 120 valence electrons. The quantitative estimate of drug-likeness (QED) is 0.409. The molecule has 0 amide bonds. The molecule has 2 aromatic rings. The lowest BCUT2D eigenvalue weighted by molar-refractivity contribution is -0.386. The molecule has 0 aliphatic rings. The number of anilines is 1. The number of benzene rings is 1. The fourth-order valence-electron chi connectivity index (χ4n) is 1.59. The van der Waals surface area contributed by atoms with Gasteiger partial charge in [-0.05, 0) is 13.0 Å². The van der Waals surface area contributed by atoms with E-state index in [1.54, 1.807) is 0 Å². The highest BCUT2D eigenvalue weighted by molar-refractivity contribution is 5.83. The van der Waals surface area contributed by atoms with Gasteiger partial charge in [0.15, 0.2) is 5.75 Å². The number of aromatic hydroxyl groups is 1. The van der Waals surface area contributed by atoms with Crippen molar-refractivity contribution in [2.24, 2.45) is 5.10 Å². The number of hydrogen-bond acceptors (Lipinski definition) is 9. The molecule has 0 saturated heterocycles. The van der Waals surface area contributed by atoms with Gasteiger partial charge in [-0.15, -0.1) is 10.2 Å². The first-order chi connectivity index (χ1) is 10.9. The molecule has 3 N–H and O–H groups in total. The fraction of sp³-hybridized carbons (Fsp3) is 0.167. The zero-order valence-electron chi connectivity index (χ0n) is 12.1. The second-order valence-electron chi connectivity index (χ2n) is 4.31. The SMILES string of the molecule is COc1cc(/C=N\Nc2nnc(C)c(=O)[nH]2)cc([N+](=O)[O-])c1O. The first-order valence-corrected chi connectivity index (χ1v) is 6.20. The molecule has 0 aliphatic carbocycles. The highest BCUT2D eigenvalue weighted by Gasteiger charge is 2.19. The maximum Gasteiger partial charge on any atom is 0.315 e. The van der Waals surface area contributed by atoms with E-state index in [4.69, 9.17) is 4.74 Å². The Morgan fingerprint density at radius 1 is 1.48 bits per heavy atom. The van der Waals surface area contributed by atoms with Crippen molar-refractivity contribution >= 4 is 17.9 Å². The lowest BCUT2D eigenvalue weighted by Crippen LogP contribution is -2.15. The number of methoxy groups -OCH3 is 1. The van der Waals surface area contributed by atoms with E-state index in [1.807, 2.05) is 0 Å². The summed E-state index contributed by atoms with van der Waals surface area (Å²) in [4.78, 5) is 23.9. The molecule has 23 heavy (non-hydrogen) atoms. The van der Waals surface area contributed by atoms with Gasteiger partial charge in [0.25, 0.3) is 5.56 Å². The van der Waals surface area contributed by atoms with E-state index in [0.717, 1.165) is 6.07 Å². The number of rotatable bonds is 5. The average Bonchev–Trinajstić information content (AvgIpc) is 2.51. The summed E-state index contributed by atoms with van der Waals surface area (Å²) in [6.07, 6.45) is 1.23. The minimum absolute atomic E-state index is 0.0112. The van der Waals surface area contributed by atoms with Gasteiger partial charge < -0.3 is 9.84 Å². The van der Waals surface area contributed by atoms with Gasteiger partial charge in [-0.2, -0.15) is 5.10 Å². The molecule has 11 heteroatoms. The molecule has 11 nitrogen and oxygen atoms in total. The highest BCUT2D eigenvalue weighted by Crippen LogP contribution is 2.36. The summed E-state index contributed by atoms with van der Waals surface area (Å²) in [5.41, 5.74) is 1.99. The summed E-state index contributed by atoms with van der Waals surface area (Å²) in [5.74, 6) is -0.627. The topological polar surface area (TPSA) is 156 Å². The van der Waals surface area contributed by atoms with Crippen molar-refractivity contribution in [3.8, 4) is 11.5 Å². The van der Waals surface area contributed by atoms with Crippen molar-refractivity contribution in [1.29, 1.82) is 0 Å². The second-order valence-corrected chi connectivity index (χ2v) is 4.31. The highest BCUT2D eigenvalue weighted by atomic mass is 16.6. The van der Waals surface area contributed by atoms with Crippen LogP contribution in [0.5, 0.6) is 11.5 Å². The van der Waals surface area contributed by atoms with E-state index in [0.29, 0.717) is 5.56 Å². The number of nitrogens with one attached hydrogen (secondary N) is 2. The number of H-pyrrole nitrogens is 1. The van der Waals surface area contributed by atoms with Crippen LogP contribution in [0, 0.1) is 17.0 Å². The van der Waals surface area contributed by atoms with Crippen molar-refractivity contribution in [3.05, 3.63) is 43.9 Å². The molecule has 1 heterocycles. The largest absolute Gasteiger partial charge is 0.500 e. The summed E-state index contributed by atoms with van der Waals surface area (Å²) in [6.45, 7) is 1.50. The third kappa shape index (κ3) is 3.58. The summed E-state index contributed by atoms with van der Waals surface area (Å²) < 4.78 is 4.86. The zero-order valence-corrected chi connectivity index (χ0v) is 12.1. The molecule has 0 fully saturated rings. The van der Waals surface area contributed by atoms with Gasteiger partial charge in [-0.1, -0.05) is 0 Å². The van der Waals surface area contributed by atoms with Gasteiger partial charge in [0.05, 0.1) is 18.2 Å². The number of nitrogens with zero attached hydrogens (tertiary/aromatic N) is 4. The van der Waals surface area contributed by atoms with Gasteiger partial charge in [-0.3, -0.25) is 19.9 Å². The number of ether oxygens (including phenoxy) is 1. The molecule has 2 rings (SSSR count). The molecule has 0 bridgehead atoms. The van der Waals surface area contributed by atoms with E-state index >= 15 is 0 Å². The number of hydrogen-bond donors (Lipinski definition) is 3. The van der Waals surface area contributed by atoms with Crippen molar-refractivity contribution in [1.82, 2.24) is 15.2 Å². The lowest BCUT2D eigenvalue weighted by atomic mass is 10.2. The third-order valence-corrected chi connectivity index (χ3v) is 2.74. The Morgan fingerprint density at radius 2 is 2.22 bits per heavy atom. The Labute approximate surface area is 128 Å². The van der Waals surface area contributed by atoms with Crippen molar-refractivity contribution < 1.29 is 14.8 Å². The average molecular weight is 320 g/mol. The van der Waals surface area contributed by atoms with Crippen LogP contribution in [0.2, 0.25) is 0 Å². The van der Waals surface area contributed by atoms with Crippen LogP contribution in [-0.4, -0.2) is 38.5 Å². The van der Waals surface area contributed by atoms with Crippen LogP contribution in [0.3, 0.4) is 0 Å². The Hall–Kier alpha value is -3.50. The number of aromatic amines is 1. The standard InChI is InChI=1S/C12H12N6O5/c1-6-11(20)14-12(17-15-6)16-13-5-7-3-8(18(21)22)10(19)9(4-7)23-2/h3-5,19H,1-2H3,(H2,14,16,17,20)/b13-5-. The van der Waals surface area contributed by atoms with Crippen LogP contribution in [0.25, 0.3) is 0 Å². The molecule has 1 aromatic heterocycles. The van der Waals surface area contributed by atoms with Crippen LogP contribution >= 0.6 is 0 Å². The Kier molecular flexibility index (Phi) is 4.50. The van der Waals surface area contributed by atoms with Gasteiger partial charge in [0.1, 0.15) is 5.69 Å². The molecular formula is C12H12N6O5. The normalized spacial score (nSPS) is 10.7. The van der Waals surface area contributed by atoms with E-state index in [2.05, 4.69) is 25.7 Å². The lowest BCUT2D eigenvalue weighted by Gasteiger charge is -2.05. The monoisotopic (exact) mass is 320 g/mol. The summed E-state index contributed by atoms with van der Waals surface area (Å²) in [5, 5.41) is 31.6. The predicted octanol–water partition coefficient (Wildman–Crippen LogP) is 0.542. The van der Waals surface area contributed by atoms with Crippen LogP contribution in [0.15, 0.2) is 22.0 Å². The number of hydrazone groups is 1. The fourth-order valence-corrected chi connectivity index (χ4v) is 1.59. The second kappa shape index (κ2) is 6.51. The van der Waals surface area contributed by atoms with E-state index < -0.39 is 21.9 Å². The first kappa shape index (κ1) is 15.9. The van der Waals surface area contributed by atoms with Crippen LogP contribution in [0.4, 0.5) is 11.6 Å². The maximum absolute atomic E-state index is 11.3. The van der Waals surface area contributed by atoms with Crippen molar-refractivity contribution in [2.75, 3.05) is 12.5 Å². The summed E-state index contributed by atoms with van der Waals surface area (Å²) >= 11 is 0. The van der Waals surface area contributed by atoms with Crippen LogP contribution in [0.1, 0.15) is 11.3 Å². The van der Waals surface area contributed by atoms with Gasteiger partial charge >= 0.3 is 5.69 Å². The number of aromatic nitrogens is 3.